The van der Waals surface area contributed by atoms with Crippen LogP contribution >= 0.6 is 0 Å². The first-order valence-electron chi connectivity index (χ1n) is 13.1. The minimum absolute atomic E-state index is 0.0504. The van der Waals surface area contributed by atoms with Gasteiger partial charge in [0, 0.05) is 20.2 Å². The van der Waals surface area contributed by atoms with Crippen molar-refractivity contribution in [1.29, 1.82) is 0 Å². The minimum atomic E-state index is -3.08. The van der Waals surface area contributed by atoms with Gasteiger partial charge in [0.25, 0.3) is 0 Å². The molecule has 0 radical (unpaired) electrons. The van der Waals surface area contributed by atoms with E-state index in [-0.39, 0.29) is 61.4 Å². The number of sulfone groups is 1. The lowest BCUT2D eigenvalue weighted by molar-refractivity contribution is -0.126. The van der Waals surface area contributed by atoms with Crippen molar-refractivity contribution in [3.8, 4) is 0 Å². The van der Waals surface area contributed by atoms with E-state index in [4.69, 9.17) is 23.7 Å². The summed E-state index contributed by atoms with van der Waals surface area (Å²) in [5.41, 5.74) is 0.552. The third-order valence-electron chi connectivity index (χ3n) is 8.47. The number of epoxide rings is 2. The Bertz CT molecular complexity index is 1030. The molecule has 0 aromatic carbocycles. The molecule has 5 fully saturated rings. The van der Waals surface area contributed by atoms with E-state index in [0.717, 1.165) is 12.8 Å². The zero-order valence-corrected chi connectivity index (χ0v) is 22.8. The molecule has 5 rings (SSSR count). The van der Waals surface area contributed by atoms with Crippen LogP contribution in [-0.2, 0) is 33.5 Å². The Kier molecular flexibility index (Phi) is 7.00. The van der Waals surface area contributed by atoms with Gasteiger partial charge in [0.05, 0.1) is 43.2 Å². The number of amides is 2. The lowest BCUT2D eigenvalue weighted by atomic mass is 9.68. The Labute approximate surface area is 218 Å². The molecular formula is C25H38N2O9S. The Hall–Kier alpha value is -1.89. The second kappa shape index (κ2) is 9.69. The van der Waals surface area contributed by atoms with Gasteiger partial charge in [-0.05, 0) is 40.0 Å². The fraction of sp³-hybridized carbons (Fsp3) is 0.840. The van der Waals surface area contributed by atoms with Crippen LogP contribution in [0.25, 0.3) is 0 Å². The maximum Gasteiger partial charge on any atom is 0.410 e. The average molecular weight is 543 g/mol. The molecule has 12 heteroatoms. The number of ether oxygens (including phenoxy) is 5. The maximum atomic E-state index is 12.9. The van der Waals surface area contributed by atoms with Gasteiger partial charge in [-0.2, -0.15) is 0 Å². The fourth-order valence-electron chi connectivity index (χ4n) is 6.05. The van der Waals surface area contributed by atoms with Gasteiger partial charge in [0.1, 0.15) is 29.5 Å². The Morgan fingerprint density at radius 1 is 1.08 bits per heavy atom. The molecule has 0 unspecified atom stereocenters. The van der Waals surface area contributed by atoms with E-state index in [1.54, 1.807) is 7.11 Å². The lowest BCUT2D eigenvalue weighted by Gasteiger charge is -2.44. The number of likely N-dealkylation sites (tertiary alicyclic amines) is 1. The molecule has 2 amide bonds. The molecule has 1 saturated carbocycles. The van der Waals surface area contributed by atoms with Gasteiger partial charge in [-0.1, -0.05) is 11.6 Å². The van der Waals surface area contributed by atoms with Crippen LogP contribution in [0.15, 0.2) is 11.6 Å². The molecule has 4 aliphatic heterocycles. The van der Waals surface area contributed by atoms with Gasteiger partial charge in [0.15, 0.2) is 9.84 Å². The van der Waals surface area contributed by atoms with Gasteiger partial charge in [-0.3, -0.25) is 0 Å². The molecule has 5 aliphatic rings. The van der Waals surface area contributed by atoms with Gasteiger partial charge in [-0.15, -0.1) is 0 Å². The average Bonchev–Trinajstić information content (AvgIpc) is 3.72. The van der Waals surface area contributed by atoms with E-state index in [1.807, 2.05) is 0 Å². The van der Waals surface area contributed by atoms with Gasteiger partial charge in [-0.25, -0.2) is 18.0 Å². The highest BCUT2D eigenvalue weighted by molar-refractivity contribution is 7.91. The van der Waals surface area contributed by atoms with E-state index in [0.29, 0.717) is 13.0 Å². The number of hydrogen-bond acceptors (Lipinski definition) is 9. The minimum Gasteiger partial charge on any atom is -0.443 e. The van der Waals surface area contributed by atoms with Crippen LogP contribution in [0.1, 0.15) is 40.0 Å². The highest BCUT2D eigenvalue weighted by Gasteiger charge is 2.72. The van der Waals surface area contributed by atoms with Crippen molar-refractivity contribution in [1.82, 2.24) is 9.80 Å². The standard InChI is InChI=1S/C25H38N2O9S/c1-16(2)5-6-19-24(3,36-19)21-20(32-4)18(7-8-25(21)15-33-25)35-23(29)27-13-17(14-27)34-22(28)26-9-11-37(30,31)12-10-26/h5,17-21H,6-15H2,1-4H3/t18-,19-,20-,21-,24+,25+/m1/s1. The summed E-state index contributed by atoms with van der Waals surface area (Å²) in [5.74, 6) is -0.161. The van der Waals surface area contributed by atoms with Crippen LogP contribution in [0, 0.1) is 5.92 Å². The summed E-state index contributed by atoms with van der Waals surface area (Å²) >= 11 is 0. The summed E-state index contributed by atoms with van der Waals surface area (Å²) in [4.78, 5) is 28.1. The van der Waals surface area contributed by atoms with E-state index in [9.17, 15) is 18.0 Å². The predicted molar refractivity (Wildman–Crippen MR) is 132 cm³/mol. The van der Waals surface area contributed by atoms with Crippen molar-refractivity contribution in [2.75, 3.05) is 51.4 Å². The summed E-state index contributed by atoms with van der Waals surface area (Å²) in [5, 5.41) is 0. The Morgan fingerprint density at radius 2 is 1.73 bits per heavy atom. The number of hydrogen-bond donors (Lipinski definition) is 0. The van der Waals surface area contributed by atoms with E-state index < -0.39 is 39.8 Å². The normalized spacial score (nSPS) is 38.5. The first-order chi connectivity index (χ1) is 17.5. The molecule has 11 nitrogen and oxygen atoms in total. The topological polar surface area (TPSA) is 128 Å². The highest BCUT2D eigenvalue weighted by Crippen LogP contribution is 2.59. The number of carbonyl (C=O) groups is 2. The van der Waals surface area contributed by atoms with Crippen molar-refractivity contribution in [2.24, 2.45) is 5.92 Å². The molecular weight excluding hydrogens is 504 g/mol. The molecule has 1 aliphatic carbocycles. The largest absolute Gasteiger partial charge is 0.443 e. The van der Waals surface area contributed by atoms with Crippen LogP contribution < -0.4 is 0 Å². The molecule has 208 valence electrons. The third-order valence-corrected chi connectivity index (χ3v) is 10.1. The highest BCUT2D eigenvalue weighted by atomic mass is 32.2. The zero-order chi connectivity index (χ0) is 26.6. The first-order valence-corrected chi connectivity index (χ1v) is 14.9. The lowest BCUT2D eigenvalue weighted by Crippen LogP contribution is -2.59. The number of carbonyl (C=O) groups excluding carboxylic acids is 2. The fourth-order valence-corrected chi connectivity index (χ4v) is 7.25. The SMILES string of the molecule is CO[C@@H]1[C@H](OC(=O)N2CC(OC(=O)N3CCS(=O)(=O)CC3)C2)CC[C@]2(CO2)[C@H]1[C@@]1(C)O[C@@H]1CC=C(C)C. The molecule has 6 atom stereocenters. The zero-order valence-electron chi connectivity index (χ0n) is 22.0. The predicted octanol–water partition coefficient (Wildman–Crippen LogP) is 1.75. The van der Waals surface area contributed by atoms with Crippen molar-refractivity contribution in [3.63, 3.8) is 0 Å². The summed E-state index contributed by atoms with van der Waals surface area (Å²) in [6, 6.07) is 0. The summed E-state index contributed by atoms with van der Waals surface area (Å²) in [6.07, 6.45) is 2.27. The Morgan fingerprint density at radius 3 is 2.32 bits per heavy atom. The van der Waals surface area contributed by atoms with Crippen LogP contribution in [0.4, 0.5) is 9.59 Å². The van der Waals surface area contributed by atoms with Crippen molar-refractivity contribution >= 4 is 22.0 Å². The monoisotopic (exact) mass is 542 g/mol. The van der Waals surface area contributed by atoms with Gasteiger partial charge < -0.3 is 33.5 Å². The molecule has 0 aromatic rings. The molecule has 37 heavy (non-hydrogen) atoms. The number of methoxy groups -OCH3 is 1. The van der Waals surface area contributed by atoms with Crippen LogP contribution in [-0.4, -0.2) is 117 Å². The molecule has 0 bridgehead atoms. The van der Waals surface area contributed by atoms with Crippen LogP contribution in [0.5, 0.6) is 0 Å². The molecule has 4 saturated heterocycles. The van der Waals surface area contributed by atoms with E-state index >= 15 is 0 Å². The van der Waals surface area contributed by atoms with Crippen molar-refractivity contribution in [3.05, 3.63) is 11.6 Å². The van der Waals surface area contributed by atoms with Gasteiger partial charge in [0.2, 0.25) is 0 Å². The van der Waals surface area contributed by atoms with Crippen molar-refractivity contribution in [2.45, 2.75) is 75.7 Å². The molecule has 1 spiro atoms. The van der Waals surface area contributed by atoms with E-state index in [2.05, 4.69) is 26.8 Å². The number of rotatable bonds is 6. The summed E-state index contributed by atoms with van der Waals surface area (Å²) < 4.78 is 52.6. The smallest absolute Gasteiger partial charge is 0.410 e. The molecule has 0 aromatic heterocycles. The second-order valence-corrected chi connectivity index (χ2v) is 13.7. The number of allylic oxidation sites excluding steroid dienone is 1. The maximum absolute atomic E-state index is 12.9. The number of nitrogens with zero attached hydrogens (tertiary/aromatic N) is 2. The summed E-state index contributed by atoms with van der Waals surface area (Å²) in [6.45, 7) is 7.64. The van der Waals surface area contributed by atoms with E-state index in [1.165, 1.54) is 15.4 Å². The van der Waals surface area contributed by atoms with Crippen LogP contribution in [0.2, 0.25) is 0 Å². The summed E-state index contributed by atoms with van der Waals surface area (Å²) in [7, 11) is -1.44. The molecule has 4 heterocycles. The first kappa shape index (κ1) is 26.7. The second-order valence-electron chi connectivity index (χ2n) is 11.3. The van der Waals surface area contributed by atoms with Gasteiger partial charge >= 0.3 is 12.2 Å². The molecule has 0 N–H and O–H groups in total. The quantitative estimate of drug-likeness (QED) is 0.364. The van der Waals surface area contributed by atoms with Crippen molar-refractivity contribution < 1.29 is 41.7 Å². The Balaban J connectivity index is 1.13. The van der Waals surface area contributed by atoms with Crippen LogP contribution in [0.3, 0.4) is 0 Å². The third kappa shape index (κ3) is 5.35.